The first-order valence-corrected chi connectivity index (χ1v) is 9.38. The van der Waals surface area contributed by atoms with Crippen LogP contribution >= 0.6 is 0 Å². The topological polar surface area (TPSA) is 36.1 Å². The second-order valence-electron chi connectivity index (χ2n) is 7.54. The van der Waals surface area contributed by atoms with E-state index in [9.17, 15) is 5.26 Å². The van der Waals surface area contributed by atoms with Gasteiger partial charge in [-0.05, 0) is 41.4 Å². The Labute approximate surface area is 150 Å². The van der Waals surface area contributed by atoms with Crippen LogP contribution in [0.1, 0.15) is 54.8 Å². The lowest BCUT2D eigenvalue weighted by atomic mass is 9.57. The van der Waals surface area contributed by atoms with E-state index in [-0.39, 0.29) is 17.4 Å². The van der Waals surface area contributed by atoms with Crippen LogP contribution in [0.4, 0.5) is 0 Å². The van der Waals surface area contributed by atoms with E-state index in [0.717, 1.165) is 24.8 Å². The molecule has 2 heteroatoms. The van der Waals surface area contributed by atoms with Gasteiger partial charge in [0.25, 0.3) is 0 Å². The Kier molecular flexibility index (Phi) is 4.40. The van der Waals surface area contributed by atoms with Gasteiger partial charge in [-0.2, -0.15) is 5.26 Å². The first-order valence-electron chi connectivity index (χ1n) is 9.38. The third kappa shape index (κ3) is 3.00. The number of aliphatic imine (C=N–C) groups is 1. The lowest BCUT2D eigenvalue weighted by Crippen LogP contribution is -2.41. The van der Waals surface area contributed by atoms with Crippen molar-refractivity contribution in [2.24, 2.45) is 16.3 Å². The summed E-state index contributed by atoms with van der Waals surface area (Å²) >= 11 is 0. The van der Waals surface area contributed by atoms with Crippen LogP contribution < -0.4 is 0 Å². The minimum absolute atomic E-state index is 0.0253. The quantitative estimate of drug-likeness (QED) is 0.671. The molecule has 0 radical (unpaired) electrons. The van der Waals surface area contributed by atoms with Crippen molar-refractivity contribution in [2.75, 3.05) is 0 Å². The molecule has 2 aliphatic carbocycles. The van der Waals surface area contributed by atoms with Crippen LogP contribution in [0, 0.1) is 22.7 Å². The second kappa shape index (κ2) is 6.84. The van der Waals surface area contributed by atoms with Crippen molar-refractivity contribution >= 4 is 6.21 Å². The van der Waals surface area contributed by atoms with Gasteiger partial charge < -0.3 is 0 Å². The van der Waals surface area contributed by atoms with Gasteiger partial charge in [0.1, 0.15) is 0 Å². The summed E-state index contributed by atoms with van der Waals surface area (Å²) in [4.78, 5) is 4.95. The molecule has 4 rings (SSSR count). The third-order valence-electron chi connectivity index (χ3n) is 6.06. The third-order valence-corrected chi connectivity index (χ3v) is 6.06. The molecule has 2 nitrogen and oxygen atoms in total. The molecule has 0 heterocycles. The fraction of sp³-hybridized carbons (Fsp3) is 0.391. The van der Waals surface area contributed by atoms with Gasteiger partial charge in [-0.15, -0.1) is 0 Å². The van der Waals surface area contributed by atoms with Crippen LogP contribution in [0.5, 0.6) is 0 Å². The Morgan fingerprint density at radius 2 is 1.68 bits per heavy atom. The first kappa shape index (κ1) is 16.1. The van der Waals surface area contributed by atoms with Crippen molar-refractivity contribution in [3.63, 3.8) is 0 Å². The number of nitrogens with zero attached hydrogens (tertiary/aromatic N) is 2. The minimum atomic E-state index is -0.0479. The second-order valence-corrected chi connectivity index (χ2v) is 7.54. The van der Waals surface area contributed by atoms with Gasteiger partial charge in [-0.3, -0.25) is 4.99 Å². The molecule has 0 saturated heterocycles. The van der Waals surface area contributed by atoms with Gasteiger partial charge in [0.15, 0.2) is 0 Å². The average molecular weight is 328 g/mol. The van der Waals surface area contributed by atoms with Gasteiger partial charge in [0, 0.05) is 6.21 Å². The molecule has 126 valence electrons. The lowest BCUT2D eigenvalue weighted by Gasteiger charge is -2.47. The summed E-state index contributed by atoms with van der Waals surface area (Å²) < 4.78 is 0. The Hall–Kier alpha value is -2.40. The van der Waals surface area contributed by atoms with Crippen LogP contribution in [-0.2, 0) is 6.42 Å². The van der Waals surface area contributed by atoms with Crippen molar-refractivity contribution in [1.29, 1.82) is 5.26 Å². The number of fused-ring (bicyclic) bond motifs is 1. The van der Waals surface area contributed by atoms with Crippen molar-refractivity contribution in [1.82, 2.24) is 0 Å². The van der Waals surface area contributed by atoms with Crippen LogP contribution in [-0.4, -0.2) is 6.21 Å². The van der Waals surface area contributed by atoms with Crippen molar-refractivity contribution in [3.8, 4) is 6.07 Å². The summed E-state index contributed by atoms with van der Waals surface area (Å²) in [6.07, 6.45) is 9.12. The molecule has 2 aliphatic rings. The van der Waals surface area contributed by atoms with E-state index in [1.54, 1.807) is 0 Å². The molecule has 0 aliphatic heterocycles. The molecule has 2 aromatic carbocycles. The van der Waals surface area contributed by atoms with Gasteiger partial charge in [-0.25, -0.2) is 0 Å². The van der Waals surface area contributed by atoms with Crippen molar-refractivity contribution in [2.45, 2.75) is 44.6 Å². The molecule has 25 heavy (non-hydrogen) atoms. The molecule has 2 atom stereocenters. The van der Waals surface area contributed by atoms with Gasteiger partial charge in [0.05, 0.1) is 18.0 Å². The van der Waals surface area contributed by atoms with Crippen LogP contribution in [0.25, 0.3) is 0 Å². The maximum absolute atomic E-state index is 10.1. The van der Waals surface area contributed by atoms with Gasteiger partial charge >= 0.3 is 0 Å². The zero-order valence-electron chi connectivity index (χ0n) is 14.6. The van der Waals surface area contributed by atoms with E-state index in [4.69, 9.17) is 4.99 Å². The molecule has 2 aromatic rings. The van der Waals surface area contributed by atoms with E-state index in [1.165, 1.54) is 30.4 Å². The molecule has 0 bridgehead atoms. The molecular formula is C23H24N2. The maximum atomic E-state index is 10.1. The summed E-state index contributed by atoms with van der Waals surface area (Å²) in [5.41, 5.74) is 3.85. The van der Waals surface area contributed by atoms with E-state index >= 15 is 0 Å². The SMILES string of the molecule is N#CC1C(N=Cc2ccccc2)c2ccccc2CC12CCCCC2. The van der Waals surface area contributed by atoms with E-state index in [1.807, 2.05) is 24.4 Å². The number of nitriles is 1. The Bertz CT molecular complexity index is 794. The molecule has 1 spiro atoms. The average Bonchev–Trinajstić information content (AvgIpc) is 2.67. The van der Waals surface area contributed by atoms with Crippen molar-refractivity contribution < 1.29 is 0 Å². The molecule has 0 aromatic heterocycles. The lowest BCUT2D eigenvalue weighted by molar-refractivity contribution is 0.0997. The summed E-state index contributed by atoms with van der Waals surface area (Å²) in [5.74, 6) is -0.0253. The van der Waals surface area contributed by atoms with Crippen molar-refractivity contribution in [3.05, 3.63) is 71.3 Å². The van der Waals surface area contributed by atoms with Crippen LogP contribution in [0.15, 0.2) is 59.6 Å². The summed E-state index contributed by atoms with van der Waals surface area (Å²) in [5, 5.41) is 10.1. The fourth-order valence-electron chi connectivity index (χ4n) is 4.81. The molecule has 0 amide bonds. The Balaban J connectivity index is 1.76. The molecule has 1 saturated carbocycles. The Morgan fingerprint density at radius 1 is 0.960 bits per heavy atom. The highest BCUT2D eigenvalue weighted by molar-refractivity contribution is 5.79. The standard InChI is InChI=1S/C23H24N2/c24-16-21-22(25-17-18-9-3-1-4-10-18)20-12-6-5-11-19(20)15-23(21)13-7-2-8-14-23/h1,3-6,9-12,17,21-22H,2,7-8,13-15H2. The predicted octanol–water partition coefficient (Wildman–Crippen LogP) is 5.49. The zero-order chi connectivity index (χ0) is 17.1. The molecule has 1 fully saturated rings. The Morgan fingerprint density at radius 3 is 2.44 bits per heavy atom. The first-order chi connectivity index (χ1) is 12.3. The number of benzene rings is 2. The normalized spacial score (nSPS) is 24.8. The number of rotatable bonds is 2. The maximum Gasteiger partial charge on any atom is 0.0915 e. The molecule has 0 N–H and O–H groups in total. The zero-order valence-corrected chi connectivity index (χ0v) is 14.6. The fourth-order valence-corrected chi connectivity index (χ4v) is 4.81. The van der Waals surface area contributed by atoms with Gasteiger partial charge in [-0.1, -0.05) is 73.9 Å². The summed E-state index contributed by atoms with van der Waals surface area (Å²) in [7, 11) is 0. The highest BCUT2D eigenvalue weighted by atomic mass is 14.8. The van der Waals surface area contributed by atoms with E-state index in [2.05, 4.69) is 42.5 Å². The highest BCUT2D eigenvalue weighted by Gasteiger charge is 2.48. The number of hydrogen-bond donors (Lipinski definition) is 0. The van der Waals surface area contributed by atoms with Gasteiger partial charge in [0.2, 0.25) is 0 Å². The smallest absolute Gasteiger partial charge is 0.0915 e. The monoisotopic (exact) mass is 328 g/mol. The van der Waals surface area contributed by atoms with E-state index in [0.29, 0.717) is 0 Å². The van der Waals surface area contributed by atoms with Crippen LogP contribution in [0.2, 0.25) is 0 Å². The minimum Gasteiger partial charge on any atom is -0.283 e. The number of hydrogen-bond acceptors (Lipinski definition) is 2. The summed E-state index contributed by atoms with van der Waals surface area (Å²) in [6.45, 7) is 0. The highest BCUT2D eigenvalue weighted by Crippen LogP contribution is 2.54. The summed E-state index contributed by atoms with van der Waals surface area (Å²) in [6, 6.07) is 21.4. The van der Waals surface area contributed by atoms with E-state index < -0.39 is 0 Å². The molecular weight excluding hydrogens is 304 g/mol. The predicted molar refractivity (Wildman–Crippen MR) is 102 cm³/mol. The molecule has 2 unspecified atom stereocenters. The van der Waals surface area contributed by atoms with Crippen LogP contribution in [0.3, 0.4) is 0 Å². The largest absolute Gasteiger partial charge is 0.283 e.